The van der Waals surface area contributed by atoms with Crippen molar-refractivity contribution in [3.8, 4) is 0 Å². The number of morpholine rings is 1. The number of anilines is 2. The van der Waals surface area contributed by atoms with E-state index in [-0.39, 0.29) is 5.91 Å². The average Bonchev–Trinajstić information content (AvgIpc) is 2.63. The van der Waals surface area contributed by atoms with Crippen LogP contribution in [0.5, 0.6) is 0 Å². The van der Waals surface area contributed by atoms with Crippen molar-refractivity contribution >= 4 is 17.3 Å². The van der Waals surface area contributed by atoms with Gasteiger partial charge in [0.25, 0.3) is 0 Å². The Morgan fingerprint density at radius 1 is 1.20 bits per heavy atom. The molecule has 1 heterocycles. The van der Waals surface area contributed by atoms with Crippen molar-refractivity contribution in [3.05, 3.63) is 24.3 Å². The molecule has 3 rings (SSSR count). The van der Waals surface area contributed by atoms with Crippen LogP contribution in [0.15, 0.2) is 24.3 Å². The van der Waals surface area contributed by atoms with Gasteiger partial charge >= 0.3 is 0 Å². The largest absolute Gasteiger partial charge is 0.378 e. The van der Waals surface area contributed by atoms with Crippen LogP contribution in [0.2, 0.25) is 0 Å². The van der Waals surface area contributed by atoms with Crippen molar-refractivity contribution in [2.45, 2.75) is 32.1 Å². The van der Waals surface area contributed by atoms with Crippen molar-refractivity contribution in [1.82, 2.24) is 4.90 Å². The summed E-state index contributed by atoms with van der Waals surface area (Å²) in [5, 5.41) is 3.11. The highest BCUT2D eigenvalue weighted by Gasteiger charge is 2.18. The fourth-order valence-electron chi connectivity index (χ4n) is 3.97. The number of ether oxygens (including phenoxy) is 1. The standard InChI is InChI=1S/C20H31N3O2/c1-22(15-17-7-3-2-4-8-17)16-20(24)21-18-9-5-6-10-19(18)23-11-13-25-14-12-23/h5-6,9-10,17H,2-4,7-8,11-16H2,1H3,(H,21,24). The smallest absolute Gasteiger partial charge is 0.238 e. The summed E-state index contributed by atoms with van der Waals surface area (Å²) in [6, 6.07) is 8.07. The minimum atomic E-state index is 0.0685. The Hall–Kier alpha value is -1.59. The topological polar surface area (TPSA) is 44.8 Å². The zero-order chi connectivity index (χ0) is 17.5. The van der Waals surface area contributed by atoms with Gasteiger partial charge in [0.15, 0.2) is 0 Å². The number of rotatable bonds is 6. The van der Waals surface area contributed by atoms with E-state index in [1.165, 1.54) is 32.1 Å². The molecule has 25 heavy (non-hydrogen) atoms. The maximum Gasteiger partial charge on any atom is 0.238 e. The predicted molar refractivity (Wildman–Crippen MR) is 102 cm³/mol. The summed E-state index contributed by atoms with van der Waals surface area (Å²) in [7, 11) is 2.06. The van der Waals surface area contributed by atoms with Crippen LogP contribution in [0.25, 0.3) is 0 Å². The molecule has 0 bridgehead atoms. The molecule has 2 aliphatic rings. The maximum absolute atomic E-state index is 12.5. The van der Waals surface area contributed by atoms with Crippen LogP contribution in [-0.4, -0.2) is 57.2 Å². The molecule has 138 valence electrons. The van der Waals surface area contributed by atoms with Gasteiger partial charge in [-0.3, -0.25) is 9.69 Å². The molecule has 1 saturated carbocycles. The molecule has 1 saturated heterocycles. The Morgan fingerprint density at radius 2 is 1.92 bits per heavy atom. The number of hydrogen-bond acceptors (Lipinski definition) is 4. The van der Waals surface area contributed by atoms with E-state index < -0.39 is 0 Å². The second-order valence-corrected chi connectivity index (χ2v) is 7.37. The van der Waals surface area contributed by atoms with E-state index in [0.717, 1.165) is 50.1 Å². The Labute approximate surface area is 151 Å². The molecule has 0 radical (unpaired) electrons. The number of likely N-dealkylation sites (N-methyl/N-ethyl adjacent to an activating group) is 1. The van der Waals surface area contributed by atoms with Crippen molar-refractivity contribution in [3.63, 3.8) is 0 Å². The van der Waals surface area contributed by atoms with Gasteiger partial charge in [0.1, 0.15) is 0 Å². The second-order valence-electron chi connectivity index (χ2n) is 7.37. The van der Waals surface area contributed by atoms with E-state index in [1.807, 2.05) is 18.2 Å². The van der Waals surface area contributed by atoms with E-state index in [2.05, 4.69) is 28.2 Å². The van der Waals surface area contributed by atoms with Gasteiger partial charge in [-0.15, -0.1) is 0 Å². The highest BCUT2D eigenvalue weighted by molar-refractivity contribution is 5.95. The zero-order valence-corrected chi connectivity index (χ0v) is 15.4. The molecule has 1 amide bonds. The van der Waals surface area contributed by atoms with Gasteiger partial charge in [-0.25, -0.2) is 0 Å². The molecular formula is C20H31N3O2. The van der Waals surface area contributed by atoms with Crippen molar-refractivity contribution < 1.29 is 9.53 Å². The van der Waals surface area contributed by atoms with E-state index in [0.29, 0.717) is 6.54 Å². The van der Waals surface area contributed by atoms with Gasteiger partial charge < -0.3 is 15.0 Å². The Bertz CT molecular complexity index is 552. The Morgan fingerprint density at radius 3 is 2.68 bits per heavy atom. The maximum atomic E-state index is 12.5. The molecule has 5 nitrogen and oxygen atoms in total. The summed E-state index contributed by atoms with van der Waals surface area (Å²) >= 11 is 0. The third kappa shape index (κ3) is 5.44. The number of benzene rings is 1. The van der Waals surface area contributed by atoms with Crippen LogP contribution in [0, 0.1) is 5.92 Å². The van der Waals surface area contributed by atoms with Gasteiger partial charge in [-0.05, 0) is 37.9 Å². The first kappa shape index (κ1) is 18.2. The first-order valence-corrected chi connectivity index (χ1v) is 9.62. The highest BCUT2D eigenvalue weighted by Crippen LogP contribution is 2.27. The summed E-state index contributed by atoms with van der Waals surface area (Å²) in [6.45, 7) is 4.70. The van der Waals surface area contributed by atoms with Crippen molar-refractivity contribution in [1.29, 1.82) is 0 Å². The van der Waals surface area contributed by atoms with E-state index in [1.54, 1.807) is 0 Å². The van der Waals surface area contributed by atoms with Crippen LogP contribution >= 0.6 is 0 Å². The molecule has 1 N–H and O–H groups in total. The molecule has 0 atom stereocenters. The number of amides is 1. The predicted octanol–water partition coefficient (Wildman–Crippen LogP) is 2.97. The molecule has 1 aromatic rings. The van der Waals surface area contributed by atoms with Crippen LogP contribution in [0.1, 0.15) is 32.1 Å². The molecule has 0 spiro atoms. The number of para-hydroxylation sites is 2. The number of carbonyl (C=O) groups is 1. The third-order valence-electron chi connectivity index (χ3n) is 5.24. The van der Waals surface area contributed by atoms with Gasteiger partial charge in [0, 0.05) is 19.6 Å². The first-order chi connectivity index (χ1) is 12.2. The second kappa shape index (κ2) is 9.20. The third-order valence-corrected chi connectivity index (χ3v) is 5.24. The fourth-order valence-corrected chi connectivity index (χ4v) is 3.97. The minimum absolute atomic E-state index is 0.0685. The molecule has 0 aromatic heterocycles. The van der Waals surface area contributed by atoms with Gasteiger partial charge in [0.05, 0.1) is 31.1 Å². The normalized spacial score (nSPS) is 19.2. The summed E-state index contributed by atoms with van der Waals surface area (Å²) in [5.41, 5.74) is 1.99. The molecule has 1 aromatic carbocycles. The molecule has 2 fully saturated rings. The van der Waals surface area contributed by atoms with Crippen molar-refractivity contribution in [2.75, 3.05) is 56.7 Å². The lowest BCUT2D eigenvalue weighted by atomic mass is 9.89. The lowest BCUT2D eigenvalue weighted by Crippen LogP contribution is -2.37. The lowest BCUT2D eigenvalue weighted by molar-refractivity contribution is -0.117. The van der Waals surface area contributed by atoms with E-state index in [4.69, 9.17) is 4.74 Å². The van der Waals surface area contributed by atoms with Crippen LogP contribution in [-0.2, 0) is 9.53 Å². The number of carbonyl (C=O) groups excluding carboxylic acids is 1. The van der Waals surface area contributed by atoms with Gasteiger partial charge in [-0.2, -0.15) is 0 Å². The monoisotopic (exact) mass is 345 g/mol. The zero-order valence-electron chi connectivity index (χ0n) is 15.4. The summed E-state index contributed by atoms with van der Waals surface area (Å²) < 4.78 is 5.43. The SMILES string of the molecule is CN(CC(=O)Nc1ccccc1N1CCOCC1)CC1CCCCC1. The first-order valence-electron chi connectivity index (χ1n) is 9.62. The Balaban J connectivity index is 1.53. The fraction of sp³-hybridized carbons (Fsp3) is 0.650. The molecule has 0 unspecified atom stereocenters. The molecule has 1 aliphatic heterocycles. The Kier molecular flexibility index (Phi) is 6.70. The molecular weight excluding hydrogens is 314 g/mol. The lowest BCUT2D eigenvalue weighted by Gasteiger charge is -2.31. The van der Waals surface area contributed by atoms with Crippen LogP contribution in [0.4, 0.5) is 11.4 Å². The van der Waals surface area contributed by atoms with Crippen LogP contribution < -0.4 is 10.2 Å². The summed E-state index contributed by atoms with van der Waals surface area (Å²) in [6.07, 6.45) is 6.69. The van der Waals surface area contributed by atoms with Gasteiger partial charge in [0.2, 0.25) is 5.91 Å². The highest BCUT2D eigenvalue weighted by atomic mass is 16.5. The molecule has 1 aliphatic carbocycles. The molecule has 5 heteroatoms. The van der Waals surface area contributed by atoms with E-state index in [9.17, 15) is 4.79 Å². The minimum Gasteiger partial charge on any atom is -0.378 e. The number of nitrogens with one attached hydrogen (secondary N) is 1. The average molecular weight is 345 g/mol. The van der Waals surface area contributed by atoms with Gasteiger partial charge in [-0.1, -0.05) is 31.4 Å². The van der Waals surface area contributed by atoms with Crippen molar-refractivity contribution in [2.24, 2.45) is 5.92 Å². The van der Waals surface area contributed by atoms with Crippen LogP contribution in [0.3, 0.4) is 0 Å². The summed E-state index contributed by atoms with van der Waals surface area (Å²) in [4.78, 5) is 17.0. The number of nitrogens with zero attached hydrogens (tertiary/aromatic N) is 2. The van der Waals surface area contributed by atoms with E-state index >= 15 is 0 Å². The quantitative estimate of drug-likeness (QED) is 0.861. The number of hydrogen-bond donors (Lipinski definition) is 1. The summed E-state index contributed by atoms with van der Waals surface area (Å²) in [5.74, 6) is 0.825.